The van der Waals surface area contributed by atoms with Crippen LogP contribution < -0.4 is 0 Å². The van der Waals surface area contributed by atoms with Gasteiger partial charge < -0.3 is 14.5 Å². The molecule has 105 valence electrons. The fourth-order valence-corrected chi connectivity index (χ4v) is 2.57. The maximum absolute atomic E-state index is 11.7. The zero-order valence-corrected chi connectivity index (χ0v) is 13.5. The minimum absolute atomic E-state index is 0.0497. The number of hydrogen-bond acceptors (Lipinski definition) is 2. The molecule has 1 rings (SSSR count). The van der Waals surface area contributed by atoms with E-state index in [-0.39, 0.29) is 5.54 Å². The van der Waals surface area contributed by atoms with Crippen LogP contribution in [0.2, 0.25) is 5.54 Å². The van der Waals surface area contributed by atoms with Gasteiger partial charge in [-0.25, -0.2) is 0 Å². The minimum Gasteiger partial charge on any atom is -0.355 e. The van der Waals surface area contributed by atoms with E-state index in [1.807, 2.05) is 19.9 Å². The lowest BCUT2D eigenvalue weighted by Crippen LogP contribution is -2.31. The number of hydrogen-bond donors (Lipinski definition) is 2. The molecule has 0 saturated heterocycles. The van der Waals surface area contributed by atoms with Crippen molar-refractivity contribution >= 4 is 17.8 Å². The first kappa shape index (κ1) is 16.6. The standard InChI is InChI=1S/C13H20O4PSi/c1-9-6-5-7-11(8-9)12(18(14,15)16)17-13(3,4)10(2)19/h5-8,10,12H,1-4H3,(H2,14,15,16). The second-order valence-electron chi connectivity index (χ2n) is 5.30. The lowest BCUT2D eigenvalue weighted by atomic mass is 10.1. The van der Waals surface area contributed by atoms with Gasteiger partial charge in [0.25, 0.3) is 0 Å². The van der Waals surface area contributed by atoms with Crippen LogP contribution in [0.4, 0.5) is 0 Å². The predicted molar refractivity (Wildman–Crippen MR) is 76.3 cm³/mol. The molecule has 0 aliphatic rings. The maximum Gasteiger partial charge on any atom is 0.358 e. The van der Waals surface area contributed by atoms with Crippen LogP contribution in [0.5, 0.6) is 0 Å². The summed E-state index contributed by atoms with van der Waals surface area (Å²) < 4.78 is 17.4. The Hall–Kier alpha value is -0.453. The van der Waals surface area contributed by atoms with Crippen LogP contribution in [-0.4, -0.2) is 25.6 Å². The molecule has 3 radical (unpaired) electrons. The molecule has 0 aliphatic heterocycles. The van der Waals surface area contributed by atoms with Crippen LogP contribution in [0, 0.1) is 6.92 Å². The molecule has 0 aliphatic carbocycles. The van der Waals surface area contributed by atoms with E-state index in [1.165, 1.54) is 0 Å². The van der Waals surface area contributed by atoms with Gasteiger partial charge in [0.05, 0.1) is 5.60 Å². The topological polar surface area (TPSA) is 66.8 Å². The SMILES string of the molecule is Cc1cccc(C(OC(C)(C)C(C)[Si])P(=O)(O)O)c1. The second-order valence-corrected chi connectivity index (χ2v) is 7.81. The van der Waals surface area contributed by atoms with Crippen LogP contribution in [0.15, 0.2) is 24.3 Å². The van der Waals surface area contributed by atoms with Gasteiger partial charge in [-0.15, -0.1) is 0 Å². The Bertz CT molecular complexity index is 481. The highest BCUT2D eigenvalue weighted by molar-refractivity contribution is 7.52. The van der Waals surface area contributed by atoms with Crippen molar-refractivity contribution in [3.8, 4) is 0 Å². The van der Waals surface area contributed by atoms with Gasteiger partial charge in [0, 0.05) is 10.2 Å². The second kappa shape index (κ2) is 5.90. The summed E-state index contributed by atoms with van der Waals surface area (Å²) in [7, 11) is -0.944. The summed E-state index contributed by atoms with van der Waals surface area (Å²) in [6.07, 6.45) is 0. The molecule has 0 bridgehead atoms. The lowest BCUT2D eigenvalue weighted by molar-refractivity contribution is -0.0488. The summed E-state index contributed by atoms with van der Waals surface area (Å²) in [6.45, 7) is 7.34. The van der Waals surface area contributed by atoms with Crippen molar-refractivity contribution in [2.24, 2.45) is 0 Å². The number of ether oxygens (including phenoxy) is 1. The highest BCUT2D eigenvalue weighted by Gasteiger charge is 2.37. The van der Waals surface area contributed by atoms with Crippen molar-refractivity contribution in [3.05, 3.63) is 35.4 Å². The molecule has 2 atom stereocenters. The largest absolute Gasteiger partial charge is 0.358 e. The molecule has 1 aromatic carbocycles. The van der Waals surface area contributed by atoms with Crippen LogP contribution in [0.25, 0.3) is 0 Å². The minimum atomic E-state index is -4.40. The van der Waals surface area contributed by atoms with Crippen molar-refractivity contribution in [2.45, 2.75) is 44.7 Å². The molecule has 0 aromatic heterocycles. The van der Waals surface area contributed by atoms with Gasteiger partial charge in [0.15, 0.2) is 5.85 Å². The first-order chi connectivity index (χ1) is 8.54. The average Bonchev–Trinajstić information content (AvgIpc) is 2.24. The van der Waals surface area contributed by atoms with Crippen LogP contribution in [-0.2, 0) is 9.30 Å². The van der Waals surface area contributed by atoms with E-state index in [9.17, 15) is 14.4 Å². The first-order valence-electron chi connectivity index (χ1n) is 6.05. The van der Waals surface area contributed by atoms with Crippen molar-refractivity contribution in [3.63, 3.8) is 0 Å². The van der Waals surface area contributed by atoms with Gasteiger partial charge >= 0.3 is 7.60 Å². The molecule has 6 heteroatoms. The van der Waals surface area contributed by atoms with Gasteiger partial charge in [-0.1, -0.05) is 36.8 Å². The van der Waals surface area contributed by atoms with E-state index in [2.05, 4.69) is 10.2 Å². The van der Waals surface area contributed by atoms with Crippen molar-refractivity contribution in [1.29, 1.82) is 0 Å². The van der Waals surface area contributed by atoms with E-state index in [0.29, 0.717) is 5.56 Å². The zero-order chi connectivity index (χ0) is 14.8. The third kappa shape index (κ3) is 4.55. The van der Waals surface area contributed by atoms with Crippen molar-refractivity contribution in [1.82, 2.24) is 0 Å². The van der Waals surface area contributed by atoms with Gasteiger partial charge in [0.2, 0.25) is 0 Å². The molecule has 2 unspecified atom stereocenters. The van der Waals surface area contributed by atoms with Gasteiger partial charge in [-0.2, -0.15) is 0 Å². The van der Waals surface area contributed by atoms with Crippen molar-refractivity contribution in [2.75, 3.05) is 0 Å². The van der Waals surface area contributed by atoms with Gasteiger partial charge in [-0.3, -0.25) is 4.57 Å². The molecule has 0 heterocycles. The quantitative estimate of drug-likeness (QED) is 0.648. The smallest absolute Gasteiger partial charge is 0.355 e. The molecular weight excluding hydrogens is 279 g/mol. The Morgan fingerprint density at radius 3 is 2.37 bits per heavy atom. The normalized spacial score (nSPS) is 16.2. The molecule has 0 saturated carbocycles. The van der Waals surface area contributed by atoms with E-state index in [4.69, 9.17) is 4.74 Å². The molecule has 19 heavy (non-hydrogen) atoms. The molecule has 0 fully saturated rings. The first-order valence-corrected chi connectivity index (χ1v) is 8.30. The van der Waals surface area contributed by atoms with E-state index in [1.54, 1.807) is 32.0 Å². The van der Waals surface area contributed by atoms with Gasteiger partial charge in [-0.05, 0) is 31.9 Å². The third-order valence-corrected chi connectivity index (χ3v) is 4.80. The lowest BCUT2D eigenvalue weighted by Gasteiger charge is -2.34. The van der Waals surface area contributed by atoms with Crippen LogP contribution >= 0.6 is 7.60 Å². The number of benzene rings is 1. The Labute approximate surface area is 117 Å². The maximum atomic E-state index is 11.7. The highest BCUT2D eigenvalue weighted by Crippen LogP contribution is 2.54. The van der Waals surface area contributed by atoms with Crippen molar-refractivity contribution < 1.29 is 19.1 Å². The molecule has 4 nitrogen and oxygen atoms in total. The summed E-state index contributed by atoms with van der Waals surface area (Å²) in [6, 6.07) is 7.04. The van der Waals surface area contributed by atoms with E-state index < -0.39 is 19.0 Å². The molecular formula is C13H20O4PSi. The van der Waals surface area contributed by atoms with Crippen LogP contribution in [0.3, 0.4) is 0 Å². The highest BCUT2D eigenvalue weighted by atomic mass is 31.2. The Balaban J connectivity index is 3.14. The predicted octanol–water partition coefficient (Wildman–Crippen LogP) is 2.94. The summed E-state index contributed by atoms with van der Waals surface area (Å²) in [5.74, 6) is -1.25. The van der Waals surface area contributed by atoms with E-state index >= 15 is 0 Å². The Morgan fingerprint density at radius 1 is 1.37 bits per heavy atom. The van der Waals surface area contributed by atoms with Crippen LogP contribution in [0.1, 0.15) is 37.7 Å². The Morgan fingerprint density at radius 2 is 1.95 bits per heavy atom. The fraction of sp³-hybridized carbons (Fsp3) is 0.538. The summed E-state index contributed by atoms with van der Waals surface area (Å²) in [5, 5.41) is 0. The molecule has 0 amide bonds. The number of aryl methyl sites for hydroxylation is 1. The molecule has 0 spiro atoms. The summed E-state index contributed by atoms with van der Waals surface area (Å²) in [4.78, 5) is 19.1. The Kier molecular flexibility index (Phi) is 5.15. The number of rotatable bonds is 5. The van der Waals surface area contributed by atoms with Gasteiger partial charge in [0.1, 0.15) is 0 Å². The summed E-state index contributed by atoms with van der Waals surface area (Å²) >= 11 is 0. The monoisotopic (exact) mass is 299 g/mol. The molecule has 1 aromatic rings. The molecule has 2 N–H and O–H groups in total. The zero-order valence-electron chi connectivity index (χ0n) is 11.6. The fourth-order valence-electron chi connectivity index (χ4n) is 1.54. The van der Waals surface area contributed by atoms with E-state index in [0.717, 1.165) is 5.56 Å². The third-order valence-electron chi connectivity index (χ3n) is 3.09. The summed E-state index contributed by atoms with van der Waals surface area (Å²) in [5.41, 5.74) is 0.677. The average molecular weight is 299 g/mol.